The summed E-state index contributed by atoms with van der Waals surface area (Å²) in [5.74, 6) is -0.131. The van der Waals surface area contributed by atoms with Crippen molar-refractivity contribution in [3.05, 3.63) is 28.4 Å². The molecule has 2 aromatic rings. The number of imidazole rings is 1. The molecule has 1 saturated carbocycles. The first-order valence-corrected chi connectivity index (χ1v) is 7.22. The fraction of sp³-hybridized carbons (Fsp3) is 0.462. The number of carbonyl (C=O) groups is 1. The number of carbonyl (C=O) groups excluding carboxylic acids is 1. The second-order valence-electron chi connectivity index (χ2n) is 4.91. The third-order valence-corrected chi connectivity index (χ3v) is 3.96. The van der Waals surface area contributed by atoms with E-state index in [1.807, 2.05) is 0 Å². The second-order valence-corrected chi connectivity index (χ2v) is 5.73. The zero-order valence-electron chi connectivity index (χ0n) is 10.4. The minimum absolute atomic E-state index is 0.188. The topological polar surface area (TPSA) is 73.3 Å². The lowest BCUT2D eigenvalue weighted by atomic mass is 9.87. The maximum absolute atomic E-state index is 11.4. The van der Waals surface area contributed by atoms with Crippen molar-refractivity contribution >= 4 is 27.5 Å². The second kappa shape index (κ2) is 4.92. The summed E-state index contributed by atoms with van der Waals surface area (Å²) in [5.41, 5.74) is 6.95. The summed E-state index contributed by atoms with van der Waals surface area (Å²) in [6.45, 7) is 0. The molecule has 0 aromatic carbocycles. The number of aromatic nitrogens is 3. The van der Waals surface area contributed by atoms with Crippen LogP contribution in [-0.2, 0) is 0 Å². The summed E-state index contributed by atoms with van der Waals surface area (Å²) in [7, 11) is 0. The Bertz CT molecular complexity index is 631. The van der Waals surface area contributed by atoms with Crippen LogP contribution in [0.15, 0.2) is 10.8 Å². The van der Waals surface area contributed by atoms with Gasteiger partial charge in [0.25, 0.3) is 5.91 Å². The molecule has 2 N–H and O–H groups in total. The molecule has 1 aliphatic rings. The van der Waals surface area contributed by atoms with Crippen LogP contribution in [-0.4, -0.2) is 20.3 Å². The number of fused-ring (bicyclic) bond motifs is 1. The first-order valence-electron chi connectivity index (χ1n) is 6.43. The number of amides is 1. The molecule has 6 heteroatoms. The van der Waals surface area contributed by atoms with Crippen molar-refractivity contribution in [1.29, 1.82) is 0 Å². The van der Waals surface area contributed by atoms with E-state index in [0.29, 0.717) is 16.2 Å². The largest absolute Gasteiger partial charge is 0.364 e. The van der Waals surface area contributed by atoms with Crippen molar-refractivity contribution < 1.29 is 4.79 Å². The molecule has 1 amide bonds. The highest BCUT2D eigenvalue weighted by Crippen LogP contribution is 2.32. The number of hydrogen-bond donors (Lipinski definition) is 1. The Hall–Kier alpha value is -1.43. The number of nitrogens with zero attached hydrogens (tertiary/aromatic N) is 3. The van der Waals surface area contributed by atoms with Gasteiger partial charge in [-0.3, -0.25) is 9.20 Å². The fourth-order valence-electron chi connectivity index (χ4n) is 2.65. The number of hydrogen-bond acceptors (Lipinski definition) is 3. The molecule has 99 valence electrons. The monoisotopic (exact) mass is 321 g/mol. The standard InChI is InChI=1S/C13H14BrN4O/c14-10-7-18-6-9(8-4-2-1-3-5-8)16-13(18)11(17-10)12(15)19/h7-8H,1-5H2,(H2,15,19). The van der Waals surface area contributed by atoms with Crippen molar-refractivity contribution in [3.63, 3.8) is 0 Å². The van der Waals surface area contributed by atoms with E-state index in [1.54, 1.807) is 10.6 Å². The van der Waals surface area contributed by atoms with Gasteiger partial charge in [0.1, 0.15) is 4.60 Å². The van der Waals surface area contributed by atoms with Crippen molar-refractivity contribution in [2.75, 3.05) is 0 Å². The molecule has 1 fully saturated rings. The minimum atomic E-state index is -0.569. The Labute approximate surface area is 119 Å². The van der Waals surface area contributed by atoms with Gasteiger partial charge < -0.3 is 5.73 Å². The van der Waals surface area contributed by atoms with Gasteiger partial charge in [-0.1, -0.05) is 19.3 Å². The van der Waals surface area contributed by atoms with Crippen LogP contribution in [0.25, 0.3) is 5.65 Å². The van der Waals surface area contributed by atoms with Crippen LogP contribution in [0.2, 0.25) is 0 Å². The molecule has 2 aromatic heterocycles. The van der Waals surface area contributed by atoms with Gasteiger partial charge in [-0.25, -0.2) is 9.97 Å². The zero-order valence-corrected chi connectivity index (χ0v) is 12.0. The molecule has 19 heavy (non-hydrogen) atoms. The number of primary amides is 1. The Morgan fingerprint density at radius 2 is 2.11 bits per heavy atom. The zero-order chi connectivity index (χ0) is 13.4. The SMILES string of the molecule is NC(=O)c1nc(Br)cn2[c]c(C3CCCCC3)nc12. The molecule has 1 aliphatic carbocycles. The Kier molecular flexibility index (Phi) is 3.26. The first kappa shape index (κ1) is 12.6. The van der Waals surface area contributed by atoms with Gasteiger partial charge >= 0.3 is 0 Å². The minimum Gasteiger partial charge on any atom is -0.364 e. The number of halogens is 1. The Balaban J connectivity index is 2.09. The smallest absolute Gasteiger partial charge is 0.271 e. The van der Waals surface area contributed by atoms with Gasteiger partial charge in [0, 0.05) is 12.1 Å². The fourth-order valence-corrected chi connectivity index (χ4v) is 3.03. The summed E-state index contributed by atoms with van der Waals surface area (Å²) < 4.78 is 2.26. The summed E-state index contributed by atoms with van der Waals surface area (Å²) in [6, 6.07) is 0. The van der Waals surface area contributed by atoms with Crippen molar-refractivity contribution in [3.8, 4) is 0 Å². The third kappa shape index (κ3) is 2.36. The lowest BCUT2D eigenvalue weighted by Gasteiger charge is -2.18. The van der Waals surface area contributed by atoms with Crippen molar-refractivity contribution in [2.45, 2.75) is 38.0 Å². The van der Waals surface area contributed by atoms with E-state index in [0.717, 1.165) is 18.5 Å². The predicted molar refractivity (Wildman–Crippen MR) is 73.9 cm³/mol. The van der Waals surface area contributed by atoms with E-state index in [9.17, 15) is 4.79 Å². The van der Waals surface area contributed by atoms with Gasteiger partial charge in [0.2, 0.25) is 0 Å². The first-order chi connectivity index (χ1) is 9.15. The predicted octanol–water partition coefficient (Wildman–Crippen LogP) is 2.44. The average molecular weight is 322 g/mol. The van der Waals surface area contributed by atoms with Gasteiger partial charge in [-0.05, 0) is 28.8 Å². The van der Waals surface area contributed by atoms with E-state index < -0.39 is 5.91 Å². The molecular formula is C13H14BrN4O. The van der Waals surface area contributed by atoms with Crippen molar-refractivity contribution in [2.24, 2.45) is 5.73 Å². The van der Waals surface area contributed by atoms with Crippen LogP contribution in [0.1, 0.15) is 54.2 Å². The molecular weight excluding hydrogens is 308 g/mol. The van der Waals surface area contributed by atoms with Crippen LogP contribution in [0.4, 0.5) is 0 Å². The van der Waals surface area contributed by atoms with E-state index in [2.05, 4.69) is 32.1 Å². The molecule has 5 nitrogen and oxygen atoms in total. The maximum Gasteiger partial charge on any atom is 0.271 e. The Morgan fingerprint density at radius 1 is 1.37 bits per heavy atom. The van der Waals surface area contributed by atoms with E-state index in [-0.39, 0.29) is 5.69 Å². The highest BCUT2D eigenvalue weighted by atomic mass is 79.9. The molecule has 0 spiro atoms. The molecule has 2 heterocycles. The van der Waals surface area contributed by atoms with E-state index in [1.165, 1.54) is 19.3 Å². The lowest BCUT2D eigenvalue weighted by molar-refractivity contribution is 0.0996. The molecule has 3 rings (SSSR count). The van der Waals surface area contributed by atoms with Gasteiger partial charge in [-0.15, -0.1) is 0 Å². The van der Waals surface area contributed by atoms with Crippen LogP contribution in [0.3, 0.4) is 0 Å². The van der Waals surface area contributed by atoms with Crippen LogP contribution in [0.5, 0.6) is 0 Å². The van der Waals surface area contributed by atoms with Crippen LogP contribution < -0.4 is 5.73 Å². The highest BCUT2D eigenvalue weighted by Gasteiger charge is 2.21. The van der Waals surface area contributed by atoms with Gasteiger partial charge in [0.05, 0.1) is 11.9 Å². The normalized spacial score (nSPS) is 16.9. The van der Waals surface area contributed by atoms with E-state index in [4.69, 9.17) is 5.73 Å². The van der Waals surface area contributed by atoms with E-state index >= 15 is 0 Å². The number of nitrogens with two attached hydrogens (primary N) is 1. The average Bonchev–Trinajstić information content (AvgIpc) is 2.82. The Morgan fingerprint density at radius 3 is 2.79 bits per heavy atom. The van der Waals surface area contributed by atoms with Crippen LogP contribution in [0, 0.1) is 6.20 Å². The molecule has 0 bridgehead atoms. The highest BCUT2D eigenvalue weighted by molar-refractivity contribution is 9.10. The molecule has 1 radical (unpaired) electrons. The third-order valence-electron chi connectivity index (χ3n) is 3.58. The molecule has 0 atom stereocenters. The van der Waals surface area contributed by atoms with Gasteiger partial charge in [0.15, 0.2) is 11.3 Å². The summed E-state index contributed by atoms with van der Waals surface area (Å²) in [4.78, 5) is 20.0. The summed E-state index contributed by atoms with van der Waals surface area (Å²) in [6.07, 6.45) is 11.0. The van der Waals surface area contributed by atoms with Crippen LogP contribution >= 0.6 is 15.9 Å². The quantitative estimate of drug-likeness (QED) is 0.923. The summed E-state index contributed by atoms with van der Waals surface area (Å²) in [5, 5.41) is 0. The molecule has 0 aliphatic heterocycles. The lowest BCUT2D eigenvalue weighted by Crippen LogP contribution is -2.15. The molecule has 0 saturated heterocycles. The maximum atomic E-state index is 11.4. The van der Waals surface area contributed by atoms with Crippen molar-refractivity contribution in [1.82, 2.24) is 14.4 Å². The number of rotatable bonds is 2. The summed E-state index contributed by atoms with van der Waals surface area (Å²) >= 11 is 3.27. The van der Waals surface area contributed by atoms with Gasteiger partial charge in [-0.2, -0.15) is 0 Å². The molecule has 0 unspecified atom stereocenters.